The van der Waals surface area contributed by atoms with E-state index in [1.165, 1.54) is 23.6 Å². The maximum absolute atomic E-state index is 12.4. The number of hydrogen-bond donors (Lipinski definition) is 2. The van der Waals surface area contributed by atoms with Crippen LogP contribution in [-0.2, 0) is 9.53 Å². The van der Waals surface area contributed by atoms with Gasteiger partial charge in [-0.1, -0.05) is 0 Å². The Morgan fingerprint density at radius 2 is 2.11 bits per heavy atom. The number of aliphatic carboxylic acids is 1. The highest BCUT2D eigenvalue weighted by molar-refractivity contribution is 5.85. The Labute approximate surface area is 112 Å². The van der Waals surface area contributed by atoms with E-state index < -0.39 is 17.6 Å². The highest BCUT2D eigenvalue weighted by Crippen LogP contribution is 2.18. The smallest absolute Gasteiger partial charge is 0.329 e. The van der Waals surface area contributed by atoms with Gasteiger partial charge in [0.15, 0.2) is 0 Å². The van der Waals surface area contributed by atoms with Crippen molar-refractivity contribution in [1.82, 2.24) is 9.80 Å². The summed E-state index contributed by atoms with van der Waals surface area (Å²) < 4.78 is 5.28. The van der Waals surface area contributed by atoms with Crippen LogP contribution in [0.5, 0.6) is 0 Å². The fraction of sp³-hybridized carbons (Fsp3) is 0.833. The van der Waals surface area contributed by atoms with Gasteiger partial charge in [-0.15, -0.1) is 0 Å². The van der Waals surface area contributed by atoms with E-state index in [4.69, 9.17) is 9.84 Å². The molecule has 0 aliphatic carbocycles. The molecule has 0 aromatic heterocycles. The third kappa shape index (κ3) is 3.36. The molecule has 1 unspecified atom stereocenters. The normalized spacial score (nSPS) is 20.2. The SMILES string of the molecule is CCN(C(=O)N1CCOC(CO)C1)C(C)(C)C(=O)O. The Kier molecular flexibility index (Phi) is 5.13. The summed E-state index contributed by atoms with van der Waals surface area (Å²) in [7, 11) is 0. The van der Waals surface area contributed by atoms with Crippen LogP contribution < -0.4 is 0 Å². The third-order valence-corrected chi connectivity index (χ3v) is 3.36. The molecule has 1 rings (SSSR count). The van der Waals surface area contributed by atoms with Crippen LogP contribution in [0, 0.1) is 0 Å². The van der Waals surface area contributed by atoms with Gasteiger partial charge in [-0.3, -0.25) is 0 Å². The molecule has 2 N–H and O–H groups in total. The molecule has 0 saturated carbocycles. The first-order valence-corrected chi connectivity index (χ1v) is 6.37. The Balaban J connectivity index is 2.81. The first-order valence-electron chi connectivity index (χ1n) is 6.37. The van der Waals surface area contributed by atoms with Gasteiger partial charge >= 0.3 is 12.0 Å². The highest BCUT2D eigenvalue weighted by Gasteiger charge is 2.39. The number of rotatable bonds is 4. The molecule has 0 radical (unpaired) electrons. The number of carbonyl (C=O) groups excluding carboxylic acids is 1. The minimum Gasteiger partial charge on any atom is -0.480 e. The number of nitrogens with zero attached hydrogens (tertiary/aromatic N) is 2. The average Bonchev–Trinajstić information content (AvgIpc) is 2.39. The molecule has 1 aliphatic heterocycles. The van der Waals surface area contributed by atoms with Crippen molar-refractivity contribution in [2.24, 2.45) is 0 Å². The summed E-state index contributed by atoms with van der Waals surface area (Å²) >= 11 is 0. The number of aliphatic hydroxyl groups excluding tert-OH is 1. The maximum Gasteiger partial charge on any atom is 0.329 e. The number of likely N-dealkylation sites (N-methyl/N-ethyl adjacent to an activating group) is 1. The lowest BCUT2D eigenvalue weighted by atomic mass is 10.0. The van der Waals surface area contributed by atoms with E-state index in [2.05, 4.69) is 0 Å². The van der Waals surface area contributed by atoms with E-state index in [-0.39, 0.29) is 19.2 Å². The number of aliphatic hydroxyl groups is 1. The Bertz CT molecular complexity index is 345. The lowest BCUT2D eigenvalue weighted by molar-refractivity contribution is -0.148. The molecular formula is C12H22N2O5. The zero-order valence-electron chi connectivity index (χ0n) is 11.6. The Morgan fingerprint density at radius 1 is 1.47 bits per heavy atom. The van der Waals surface area contributed by atoms with Crippen LogP contribution in [-0.4, -0.2) is 76.5 Å². The van der Waals surface area contributed by atoms with E-state index in [0.29, 0.717) is 19.7 Å². The maximum atomic E-state index is 12.4. The van der Waals surface area contributed by atoms with Crippen molar-refractivity contribution in [2.45, 2.75) is 32.4 Å². The van der Waals surface area contributed by atoms with Crippen molar-refractivity contribution in [3.63, 3.8) is 0 Å². The first kappa shape index (κ1) is 15.7. The molecule has 1 aliphatic rings. The van der Waals surface area contributed by atoms with E-state index in [1.54, 1.807) is 6.92 Å². The zero-order chi connectivity index (χ0) is 14.6. The number of carboxylic acids is 1. The molecule has 0 aromatic carbocycles. The van der Waals surface area contributed by atoms with Gasteiger partial charge in [0, 0.05) is 13.1 Å². The van der Waals surface area contributed by atoms with Gasteiger partial charge in [0.25, 0.3) is 0 Å². The molecule has 0 aromatic rings. The molecule has 1 atom stereocenters. The lowest BCUT2D eigenvalue weighted by Crippen LogP contribution is -2.59. The number of carboxylic acid groups (broad SMARTS) is 1. The number of urea groups is 1. The molecule has 7 nitrogen and oxygen atoms in total. The number of ether oxygens (including phenoxy) is 1. The molecule has 2 amide bonds. The predicted octanol–water partition coefficient (Wildman–Crippen LogP) is -0.0154. The molecular weight excluding hydrogens is 252 g/mol. The van der Waals surface area contributed by atoms with Crippen LogP contribution in [0.15, 0.2) is 0 Å². The van der Waals surface area contributed by atoms with E-state index in [9.17, 15) is 14.7 Å². The van der Waals surface area contributed by atoms with Gasteiger partial charge in [0.1, 0.15) is 5.54 Å². The van der Waals surface area contributed by atoms with Gasteiger partial charge in [0.05, 0.1) is 25.9 Å². The van der Waals surface area contributed by atoms with Gasteiger partial charge in [-0.2, -0.15) is 0 Å². The fourth-order valence-corrected chi connectivity index (χ4v) is 2.06. The summed E-state index contributed by atoms with van der Waals surface area (Å²) in [6.45, 7) is 5.93. The van der Waals surface area contributed by atoms with E-state index >= 15 is 0 Å². The minimum absolute atomic E-state index is 0.155. The van der Waals surface area contributed by atoms with Gasteiger partial charge < -0.3 is 24.7 Å². The van der Waals surface area contributed by atoms with E-state index in [1.807, 2.05) is 0 Å². The lowest BCUT2D eigenvalue weighted by Gasteiger charge is -2.40. The monoisotopic (exact) mass is 274 g/mol. The van der Waals surface area contributed by atoms with Crippen LogP contribution in [0.3, 0.4) is 0 Å². The van der Waals surface area contributed by atoms with Crippen LogP contribution in [0.2, 0.25) is 0 Å². The number of amides is 2. The summed E-state index contributed by atoms with van der Waals surface area (Å²) in [5.41, 5.74) is -1.27. The summed E-state index contributed by atoms with van der Waals surface area (Å²) in [6, 6.07) is -0.336. The second-order valence-corrected chi connectivity index (χ2v) is 5.01. The standard InChI is InChI=1S/C12H22N2O5/c1-4-14(12(2,3)10(16)17)11(18)13-5-6-19-9(7-13)8-15/h9,15H,4-8H2,1-3H3,(H,16,17). The van der Waals surface area contributed by atoms with Crippen LogP contribution in [0.25, 0.3) is 0 Å². The first-order chi connectivity index (χ1) is 8.84. The number of morpholine rings is 1. The van der Waals surface area contributed by atoms with E-state index in [0.717, 1.165) is 0 Å². The second-order valence-electron chi connectivity index (χ2n) is 5.01. The van der Waals surface area contributed by atoms with Crippen molar-refractivity contribution >= 4 is 12.0 Å². The van der Waals surface area contributed by atoms with Crippen LogP contribution in [0.1, 0.15) is 20.8 Å². The van der Waals surface area contributed by atoms with Crippen molar-refractivity contribution in [3.05, 3.63) is 0 Å². The molecule has 19 heavy (non-hydrogen) atoms. The summed E-state index contributed by atoms with van der Waals surface area (Å²) in [5.74, 6) is -1.05. The Morgan fingerprint density at radius 3 is 2.58 bits per heavy atom. The Hall–Kier alpha value is -1.34. The fourth-order valence-electron chi connectivity index (χ4n) is 2.06. The summed E-state index contributed by atoms with van der Waals surface area (Å²) in [4.78, 5) is 26.5. The largest absolute Gasteiger partial charge is 0.480 e. The van der Waals surface area contributed by atoms with Gasteiger partial charge in [0.2, 0.25) is 0 Å². The summed E-state index contributed by atoms with van der Waals surface area (Å²) in [6.07, 6.45) is -0.399. The van der Waals surface area contributed by atoms with Crippen molar-refractivity contribution in [2.75, 3.05) is 32.8 Å². The topological polar surface area (TPSA) is 90.3 Å². The molecule has 0 spiro atoms. The number of hydrogen-bond acceptors (Lipinski definition) is 4. The van der Waals surface area contributed by atoms with Crippen LogP contribution in [0.4, 0.5) is 4.79 Å². The molecule has 1 heterocycles. The van der Waals surface area contributed by atoms with Crippen LogP contribution >= 0.6 is 0 Å². The van der Waals surface area contributed by atoms with Crippen molar-refractivity contribution in [1.29, 1.82) is 0 Å². The predicted molar refractivity (Wildman–Crippen MR) is 67.9 cm³/mol. The molecule has 7 heteroatoms. The molecule has 0 bridgehead atoms. The molecule has 1 fully saturated rings. The average molecular weight is 274 g/mol. The molecule has 110 valence electrons. The number of carbonyl (C=O) groups is 2. The van der Waals surface area contributed by atoms with Crippen molar-refractivity contribution < 1.29 is 24.5 Å². The summed E-state index contributed by atoms with van der Waals surface area (Å²) in [5, 5.41) is 18.3. The highest BCUT2D eigenvalue weighted by atomic mass is 16.5. The second kappa shape index (κ2) is 6.21. The minimum atomic E-state index is -1.27. The third-order valence-electron chi connectivity index (χ3n) is 3.36. The quantitative estimate of drug-likeness (QED) is 0.752. The van der Waals surface area contributed by atoms with Crippen molar-refractivity contribution in [3.8, 4) is 0 Å². The zero-order valence-corrected chi connectivity index (χ0v) is 11.6. The molecule has 1 saturated heterocycles. The van der Waals surface area contributed by atoms with Gasteiger partial charge in [-0.05, 0) is 20.8 Å². The van der Waals surface area contributed by atoms with Gasteiger partial charge in [-0.25, -0.2) is 9.59 Å².